The summed E-state index contributed by atoms with van der Waals surface area (Å²) < 4.78 is 0. The highest BCUT2D eigenvalue weighted by Crippen LogP contribution is 2.33. The summed E-state index contributed by atoms with van der Waals surface area (Å²) in [4.78, 5) is 4.58. The van der Waals surface area contributed by atoms with Crippen molar-refractivity contribution in [3.8, 4) is 0 Å². The van der Waals surface area contributed by atoms with Crippen LogP contribution in [0.3, 0.4) is 0 Å². The molecule has 0 unspecified atom stereocenters. The zero-order valence-electron chi connectivity index (χ0n) is 11.0. The highest BCUT2D eigenvalue weighted by atomic mass is 35.5. The van der Waals surface area contributed by atoms with Gasteiger partial charge in [0.1, 0.15) is 5.84 Å². The first-order valence-electron chi connectivity index (χ1n) is 5.85. The van der Waals surface area contributed by atoms with Crippen molar-refractivity contribution in [1.82, 2.24) is 4.98 Å². The molecule has 1 heterocycles. The van der Waals surface area contributed by atoms with Gasteiger partial charge in [0.25, 0.3) is 0 Å². The van der Waals surface area contributed by atoms with Crippen molar-refractivity contribution in [3.05, 3.63) is 39.5 Å². The minimum absolute atomic E-state index is 0.00344. The van der Waals surface area contributed by atoms with Crippen LogP contribution in [0.2, 0.25) is 10.0 Å². The molecule has 100 valence electrons. The summed E-state index contributed by atoms with van der Waals surface area (Å²) in [5, 5.41) is 9.30. The van der Waals surface area contributed by atoms with Crippen LogP contribution in [0, 0.1) is 5.41 Å². The Hall–Kier alpha value is -1.32. The van der Waals surface area contributed by atoms with Gasteiger partial charge < -0.3 is 5.73 Å². The van der Waals surface area contributed by atoms with E-state index in [1.165, 1.54) is 0 Å². The number of pyridine rings is 1. The van der Waals surface area contributed by atoms with Crippen molar-refractivity contribution in [2.45, 2.75) is 26.2 Å². The Morgan fingerprint density at radius 1 is 1.26 bits per heavy atom. The lowest BCUT2D eigenvalue weighted by Gasteiger charge is -2.20. The van der Waals surface area contributed by atoms with Crippen molar-refractivity contribution in [2.75, 3.05) is 0 Å². The molecule has 3 nitrogen and oxygen atoms in total. The van der Waals surface area contributed by atoms with Gasteiger partial charge in [-0.1, -0.05) is 50.0 Å². The van der Waals surface area contributed by atoms with Crippen molar-refractivity contribution in [3.63, 3.8) is 0 Å². The first-order valence-corrected chi connectivity index (χ1v) is 6.61. The molecular weight excluding hydrogens is 281 g/mol. The predicted molar refractivity (Wildman–Crippen MR) is 81.5 cm³/mol. The van der Waals surface area contributed by atoms with Gasteiger partial charge in [-0.15, -0.1) is 0 Å². The van der Waals surface area contributed by atoms with E-state index in [0.29, 0.717) is 21.1 Å². The highest BCUT2D eigenvalue weighted by molar-refractivity contribution is 6.45. The van der Waals surface area contributed by atoms with Gasteiger partial charge in [-0.25, -0.2) is 0 Å². The maximum absolute atomic E-state index is 7.72. The summed E-state index contributed by atoms with van der Waals surface area (Å²) >= 11 is 12.2. The van der Waals surface area contributed by atoms with E-state index in [9.17, 15) is 0 Å². The quantitative estimate of drug-likeness (QED) is 0.614. The van der Waals surface area contributed by atoms with Gasteiger partial charge in [-0.05, 0) is 12.1 Å². The Labute approximate surface area is 122 Å². The summed E-state index contributed by atoms with van der Waals surface area (Å²) in [6.07, 6.45) is 0. The second kappa shape index (κ2) is 4.66. The fourth-order valence-corrected chi connectivity index (χ4v) is 2.20. The van der Waals surface area contributed by atoms with Crippen LogP contribution in [-0.4, -0.2) is 10.8 Å². The topological polar surface area (TPSA) is 62.8 Å². The Kier molecular flexibility index (Phi) is 3.45. The summed E-state index contributed by atoms with van der Waals surface area (Å²) in [6.45, 7) is 6.14. The Morgan fingerprint density at radius 3 is 2.42 bits per heavy atom. The lowest BCUT2D eigenvalue weighted by atomic mass is 9.89. The van der Waals surface area contributed by atoms with Gasteiger partial charge in [-0.2, -0.15) is 0 Å². The lowest BCUT2D eigenvalue weighted by molar-refractivity contribution is 0.571. The van der Waals surface area contributed by atoms with Crippen molar-refractivity contribution in [2.24, 2.45) is 5.73 Å². The molecule has 1 aromatic heterocycles. The molecular formula is C14H15Cl2N3. The monoisotopic (exact) mass is 295 g/mol. The van der Waals surface area contributed by atoms with Crippen molar-refractivity contribution < 1.29 is 0 Å². The molecule has 5 heteroatoms. The summed E-state index contributed by atoms with van der Waals surface area (Å²) in [6, 6.07) is 5.33. The number of nitrogens with two attached hydrogens (primary N) is 1. The minimum Gasteiger partial charge on any atom is -0.384 e. The second-order valence-electron chi connectivity index (χ2n) is 5.48. The van der Waals surface area contributed by atoms with Crippen LogP contribution in [0.4, 0.5) is 0 Å². The number of fused-ring (bicyclic) bond motifs is 1. The largest absolute Gasteiger partial charge is 0.384 e. The fraction of sp³-hybridized carbons (Fsp3) is 0.286. The number of nitrogens with one attached hydrogen (secondary N) is 1. The van der Waals surface area contributed by atoms with Crippen LogP contribution in [0.15, 0.2) is 18.2 Å². The van der Waals surface area contributed by atoms with Crippen LogP contribution in [0.5, 0.6) is 0 Å². The molecule has 0 saturated heterocycles. The molecule has 3 N–H and O–H groups in total. The van der Waals surface area contributed by atoms with Crippen LogP contribution in [0.25, 0.3) is 10.9 Å². The zero-order chi connectivity index (χ0) is 14.4. The van der Waals surface area contributed by atoms with Crippen LogP contribution in [-0.2, 0) is 5.41 Å². The van der Waals surface area contributed by atoms with E-state index in [1.54, 1.807) is 12.1 Å². The van der Waals surface area contributed by atoms with E-state index in [1.807, 2.05) is 26.8 Å². The summed E-state index contributed by atoms with van der Waals surface area (Å²) in [7, 11) is 0. The number of nitrogens with zero attached hydrogens (tertiary/aromatic N) is 1. The molecule has 0 aliphatic carbocycles. The average molecular weight is 296 g/mol. The van der Waals surface area contributed by atoms with E-state index >= 15 is 0 Å². The molecule has 19 heavy (non-hydrogen) atoms. The molecule has 0 aliphatic heterocycles. The number of amidine groups is 1. The molecule has 0 fully saturated rings. The third kappa shape index (κ3) is 2.53. The van der Waals surface area contributed by atoms with E-state index in [-0.39, 0.29) is 11.3 Å². The average Bonchev–Trinajstić information content (AvgIpc) is 2.31. The molecule has 0 saturated carbocycles. The first kappa shape index (κ1) is 14.1. The standard InChI is InChI=1S/C14H15Cl2N3/c1-14(2,3)10-6-8(13(17)18)7-4-5-9(15)11(16)12(7)19-10/h4-6H,1-3H3,(H3,17,18). The predicted octanol–water partition coefficient (Wildman–Crippen LogP) is 4.12. The SMILES string of the molecule is CC(C)(C)c1cc(C(=N)N)c2ccc(Cl)c(Cl)c2n1. The third-order valence-corrected chi connectivity index (χ3v) is 3.73. The van der Waals surface area contributed by atoms with E-state index in [0.717, 1.165) is 11.1 Å². The maximum atomic E-state index is 7.72. The minimum atomic E-state index is -0.163. The maximum Gasteiger partial charge on any atom is 0.123 e. The number of rotatable bonds is 1. The molecule has 0 amide bonds. The molecule has 0 radical (unpaired) electrons. The lowest BCUT2D eigenvalue weighted by Crippen LogP contribution is -2.18. The normalized spacial score (nSPS) is 11.8. The molecule has 1 aromatic carbocycles. The van der Waals surface area contributed by atoms with Gasteiger partial charge in [0, 0.05) is 22.1 Å². The number of hydrogen-bond donors (Lipinski definition) is 2. The molecule has 0 spiro atoms. The van der Waals surface area contributed by atoms with Crippen LogP contribution >= 0.6 is 23.2 Å². The Bertz CT molecular complexity index is 672. The zero-order valence-corrected chi connectivity index (χ0v) is 12.5. The van der Waals surface area contributed by atoms with Gasteiger partial charge in [0.2, 0.25) is 0 Å². The molecule has 0 bridgehead atoms. The van der Waals surface area contributed by atoms with Crippen molar-refractivity contribution in [1.29, 1.82) is 5.41 Å². The summed E-state index contributed by atoms with van der Waals surface area (Å²) in [5.74, 6) is -0.00344. The Balaban J connectivity index is 2.92. The highest BCUT2D eigenvalue weighted by Gasteiger charge is 2.20. The van der Waals surface area contributed by atoms with Gasteiger partial charge in [-0.3, -0.25) is 10.4 Å². The fourth-order valence-electron chi connectivity index (χ4n) is 1.84. The first-order chi connectivity index (χ1) is 8.71. The molecule has 0 aliphatic rings. The van der Waals surface area contributed by atoms with E-state index in [2.05, 4.69) is 4.98 Å². The molecule has 2 rings (SSSR count). The second-order valence-corrected chi connectivity index (χ2v) is 6.26. The van der Waals surface area contributed by atoms with Gasteiger partial charge >= 0.3 is 0 Å². The number of hydrogen-bond acceptors (Lipinski definition) is 2. The molecule has 2 aromatic rings. The van der Waals surface area contributed by atoms with E-state index in [4.69, 9.17) is 34.3 Å². The number of benzene rings is 1. The number of nitrogen functional groups attached to an aromatic ring is 1. The molecule has 0 atom stereocenters. The van der Waals surface area contributed by atoms with Crippen molar-refractivity contribution >= 4 is 39.9 Å². The smallest absolute Gasteiger partial charge is 0.123 e. The van der Waals surface area contributed by atoms with E-state index < -0.39 is 0 Å². The van der Waals surface area contributed by atoms with Gasteiger partial charge in [0.15, 0.2) is 0 Å². The Morgan fingerprint density at radius 2 is 1.89 bits per heavy atom. The van der Waals surface area contributed by atoms with Gasteiger partial charge in [0.05, 0.1) is 15.6 Å². The number of halogens is 2. The third-order valence-electron chi connectivity index (χ3n) is 2.93. The van der Waals surface area contributed by atoms with Crippen LogP contribution < -0.4 is 5.73 Å². The van der Waals surface area contributed by atoms with Crippen LogP contribution in [0.1, 0.15) is 32.0 Å². The number of aromatic nitrogens is 1. The summed E-state index contributed by atoms with van der Waals surface area (Å²) in [5.41, 5.74) is 7.55.